The molecule has 1 aliphatic heterocycles. The van der Waals surface area contributed by atoms with Crippen molar-refractivity contribution >= 4 is 73.0 Å². The zero-order valence-corrected chi connectivity index (χ0v) is 35.9. The average Bonchev–Trinajstić information content (AvgIpc) is 3.27. The minimum atomic E-state index is -4.13. The number of piperidine rings is 1. The summed E-state index contributed by atoms with van der Waals surface area (Å²) in [4.78, 5) is 57.2. The maximum absolute atomic E-state index is 14.1. The minimum absolute atomic E-state index is 0.00460. The van der Waals surface area contributed by atoms with Gasteiger partial charge in [-0.25, -0.2) is 8.42 Å². The number of aryl methyl sites for hydroxylation is 1. The van der Waals surface area contributed by atoms with Crippen LogP contribution >= 0.6 is 11.6 Å². The van der Waals surface area contributed by atoms with Crippen LogP contribution < -0.4 is 30.2 Å². The van der Waals surface area contributed by atoms with Gasteiger partial charge < -0.3 is 35.1 Å². The molecule has 1 aliphatic rings. The van der Waals surface area contributed by atoms with Gasteiger partial charge >= 0.3 is 0 Å². The van der Waals surface area contributed by atoms with Crippen molar-refractivity contribution in [2.75, 3.05) is 69.5 Å². The zero-order chi connectivity index (χ0) is 44.4. The summed E-state index contributed by atoms with van der Waals surface area (Å²) in [6.07, 6.45) is 2.47. The standard InChI is InChI=1S/C43H46ClN7O10S/c1-28-23-38(34-25-30(44)8-15-35(34)46-28)45-18-22-50(62(57,58)33-12-10-32(59-2)11-13-33)21-17-41(52)47-37-14-7-29(43(54)49-19-5-4-6-20-49)24-40(37)61-27-42(53)48-36-16-9-31(51(55)56)26-39(36)60-3/h7-16,23-26H,4-6,17-22,27H2,1-3H3,(H,45,46)(H,47,52)(H,48,53). The molecule has 0 atom stereocenters. The first kappa shape index (κ1) is 45.0. The number of carbonyl (C=O) groups excluding carboxylic acids is 3. The average molecular weight is 888 g/mol. The zero-order valence-electron chi connectivity index (χ0n) is 34.3. The van der Waals surface area contributed by atoms with Crippen LogP contribution in [0.15, 0.2) is 89.8 Å². The number of pyridine rings is 1. The summed E-state index contributed by atoms with van der Waals surface area (Å²) in [6, 6.07) is 21.3. The number of nitrogens with one attached hydrogen (secondary N) is 3. The molecule has 1 aromatic heterocycles. The van der Waals surface area contributed by atoms with Gasteiger partial charge in [0.25, 0.3) is 17.5 Å². The van der Waals surface area contributed by atoms with Crippen molar-refractivity contribution in [1.82, 2.24) is 14.2 Å². The second kappa shape index (κ2) is 20.4. The molecule has 6 rings (SSSR count). The number of non-ortho nitro benzene ring substituents is 1. The molecule has 3 N–H and O–H groups in total. The van der Waals surface area contributed by atoms with Crippen LogP contribution in [0.5, 0.6) is 17.2 Å². The number of nitro benzene ring substituents is 1. The van der Waals surface area contributed by atoms with Gasteiger partial charge in [-0.2, -0.15) is 4.31 Å². The molecule has 1 saturated heterocycles. The molecule has 0 radical (unpaired) electrons. The van der Waals surface area contributed by atoms with Crippen molar-refractivity contribution in [1.29, 1.82) is 0 Å². The number of hydrogen-bond acceptors (Lipinski definition) is 12. The fraction of sp³-hybridized carbons (Fsp3) is 0.302. The third-order valence-corrected chi connectivity index (χ3v) is 12.2. The number of rotatable bonds is 18. The van der Waals surface area contributed by atoms with E-state index in [2.05, 4.69) is 20.9 Å². The van der Waals surface area contributed by atoms with Gasteiger partial charge in [0, 0.05) is 72.6 Å². The van der Waals surface area contributed by atoms with Gasteiger partial charge in [0.15, 0.2) is 6.61 Å². The largest absolute Gasteiger partial charge is 0.497 e. The molecule has 17 nitrogen and oxygen atoms in total. The van der Waals surface area contributed by atoms with E-state index in [4.69, 9.17) is 25.8 Å². The Bertz CT molecular complexity index is 2570. The van der Waals surface area contributed by atoms with Crippen molar-refractivity contribution in [2.45, 2.75) is 37.5 Å². The summed E-state index contributed by atoms with van der Waals surface area (Å²) >= 11 is 6.29. The number of benzene rings is 4. The van der Waals surface area contributed by atoms with E-state index in [-0.39, 0.29) is 71.0 Å². The van der Waals surface area contributed by atoms with Gasteiger partial charge in [0.1, 0.15) is 17.2 Å². The summed E-state index contributed by atoms with van der Waals surface area (Å²) < 4.78 is 45.7. The van der Waals surface area contributed by atoms with Crippen molar-refractivity contribution in [2.24, 2.45) is 0 Å². The lowest BCUT2D eigenvalue weighted by Crippen LogP contribution is -2.37. The number of likely N-dealkylation sites (tertiary alicyclic amines) is 1. The third kappa shape index (κ3) is 11.2. The number of anilines is 3. The lowest BCUT2D eigenvalue weighted by molar-refractivity contribution is -0.384. The second-order valence-corrected chi connectivity index (χ2v) is 16.7. The Kier molecular flexibility index (Phi) is 14.8. The molecule has 0 aliphatic carbocycles. The van der Waals surface area contributed by atoms with Crippen LogP contribution in [-0.4, -0.2) is 98.8 Å². The number of ether oxygens (including phenoxy) is 3. The summed E-state index contributed by atoms with van der Waals surface area (Å²) in [7, 11) is -1.35. The Morgan fingerprint density at radius 1 is 0.839 bits per heavy atom. The molecule has 326 valence electrons. The Balaban J connectivity index is 1.19. The number of fused-ring (bicyclic) bond motifs is 1. The third-order valence-electron chi connectivity index (χ3n) is 10.0. The van der Waals surface area contributed by atoms with Gasteiger partial charge in [0.2, 0.25) is 15.9 Å². The monoisotopic (exact) mass is 887 g/mol. The summed E-state index contributed by atoms with van der Waals surface area (Å²) in [6.45, 7) is 2.37. The highest BCUT2D eigenvalue weighted by Gasteiger charge is 2.26. The summed E-state index contributed by atoms with van der Waals surface area (Å²) in [5, 5.41) is 21.2. The van der Waals surface area contributed by atoms with Gasteiger partial charge in [-0.15, -0.1) is 0 Å². The highest BCUT2D eigenvalue weighted by molar-refractivity contribution is 7.89. The number of amides is 3. The normalized spacial score (nSPS) is 12.8. The molecular formula is C43H46ClN7O10S. The first-order valence-electron chi connectivity index (χ1n) is 19.7. The number of aromatic nitrogens is 1. The van der Waals surface area contributed by atoms with Crippen LogP contribution in [0.25, 0.3) is 10.9 Å². The highest BCUT2D eigenvalue weighted by atomic mass is 35.5. The lowest BCUT2D eigenvalue weighted by Gasteiger charge is -2.27. The predicted octanol–water partition coefficient (Wildman–Crippen LogP) is 6.90. The number of carbonyl (C=O) groups is 3. The Morgan fingerprint density at radius 2 is 1.55 bits per heavy atom. The van der Waals surface area contributed by atoms with Crippen LogP contribution in [0.4, 0.5) is 22.7 Å². The van der Waals surface area contributed by atoms with E-state index in [1.165, 1.54) is 73.1 Å². The van der Waals surface area contributed by atoms with Crippen LogP contribution in [0.1, 0.15) is 41.7 Å². The summed E-state index contributed by atoms with van der Waals surface area (Å²) in [5.74, 6) is -0.927. The number of sulfonamides is 1. The molecule has 19 heteroatoms. The Hall–Kier alpha value is -6.50. The number of hydrogen-bond donors (Lipinski definition) is 3. The Morgan fingerprint density at radius 3 is 2.26 bits per heavy atom. The second-order valence-electron chi connectivity index (χ2n) is 14.3. The van der Waals surface area contributed by atoms with Gasteiger partial charge in [-0.1, -0.05) is 11.6 Å². The molecule has 4 aromatic carbocycles. The predicted molar refractivity (Wildman–Crippen MR) is 235 cm³/mol. The van der Waals surface area contributed by atoms with Crippen molar-refractivity contribution in [3.63, 3.8) is 0 Å². The molecule has 62 heavy (non-hydrogen) atoms. The molecule has 5 aromatic rings. The lowest BCUT2D eigenvalue weighted by atomic mass is 10.1. The Labute approximate surface area is 363 Å². The molecule has 0 spiro atoms. The first-order chi connectivity index (χ1) is 29.7. The van der Waals surface area contributed by atoms with Crippen LogP contribution in [0, 0.1) is 17.0 Å². The number of halogens is 1. The molecule has 0 bridgehead atoms. The van der Waals surface area contributed by atoms with Gasteiger partial charge in [-0.3, -0.25) is 29.5 Å². The summed E-state index contributed by atoms with van der Waals surface area (Å²) in [5.41, 5.74) is 2.52. The van der Waals surface area contributed by atoms with E-state index in [0.29, 0.717) is 35.1 Å². The van der Waals surface area contributed by atoms with E-state index in [0.717, 1.165) is 30.3 Å². The van der Waals surface area contributed by atoms with Crippen molar-refractivity contribution in [3.8, 4) is 17.2 Å². The van der Waals surface area contributed by atoms with Crippen LogP contribution in [0.2, 0.25) is 5.02 Å². The number of nitro groups is 1. The molecule has 0 saturated carbocycles. The smallest absolute Gasteiger partial charge is 0.273 e. The number of nitrogens with zero attached hydrogens (tertiary/aromatic N) is 4. The van der Waals surface area contributed by atoms with Crippen LogP contribution in [0.3, 0.4) is 0 Å². The maximum atomic E-state index is 14.1. The minimum Gasteiger partial charge on any atom is -0.497 e. The molecule has 1 fully saturated rings. The van der Waals surface area contributed by atoms with Gasteiger partial charge in [0.05, 0.1) is 47.0 Å². The fourth-order valence-electron chi connectivity index (χ4n) is 6.86. The fourth-order valence-corrected chi connectivity index (χ4v) is 8.48. The van der Waals surface area contributed by atoms with Crippen LogP contribution in [-0.2, 0) is 19.6 Å². The highest BCUT2D eigenvalue weighted by Crippen LogP contribution is 2.31. The van der Waals surface area contributed by atoms with E-state index in [1.54, 1.807) is 29.2 Å². The van der Waals surface area contributed by atoms with Gasteiger partial charge in [-0.05, 0) is 99.0 Å². The van der Waals surface area contributed by atoms with Crippen molar-refractivity contribution < 1.29 is 41.9 Å². The molecule has 0 unspecified atom stereocenters. The molecular weight excluding hydrogens is 842 g/mol. The SMILES string of the molecule is COc1ccc(S(=O)(=O)N(CCNc2cc(C)nc3ccc(Cl)cc23)CCC(=O)Nc2ccc(C(=O)N3CCCCC3)cc2OCC(=O)Nc2ccc([N+](=O)[O-])cc2OC)cc1. The van der Waals surface area contributed by atoms with E-state index < -0.39 is 33.4 Å². The first-order valence-corrected chi connectivity index (χ1v) is 21.5. The number of methoxy groups -OCH3 is 2. The molecule has 3 amide bonds. The van der Waals surface area contributed by atoms with Crippen molar-refractivity contribution in [3.05, 3.63) is 111 Å². The topological polar surface area (TPSA) is 212 Å². The maximum Gasteiger partial charge on any atom is 0.273 e. The van der Waals surface area contributed by atoms with E-state index >= 15 is 0 Å². The van der Waals surface area contributed by atoms with E-state index in [1.807, 2.05) is 13.0 Å². The van der Waals surface area contributed by atoms with E-state index in [9.17, 15) is 32.9 Å². The molecule has 2 heterocycles. The quantitative estimate of drug-likeness (QED) is 0.0606.